The number of hydrazone groups is 1. The zero-order valence-electron chi connectivity index (χ0n) is 17.1. The van der Waals surface area contributed by atoms with Gasteiger partial charge in [-0.3, -0.25) is 5.01 Å². The van der Waals surface area contributed by atoms with Gasteiger partial charge in [0.2, 0.25) is 0 Å². The molecule has 0 radical (unpaired) electrons. The summed E-state index contributed by atoms with van der Waals surface area (Å²) in [7, 11) is 0. The molecule has 1 aliphatic rings. The van der Waals surface area contributed by atoms with Crippen molar-refractivity contribution in [3.8, 4) is 0 Å². The second kappa shape index (κ2) is 7.41. The number of benzene rings is 5. The number of anilines is 1. The van der Waals surface area contributed by atoms with Crippen molar-refractivity contribution in [2.45, 2.75) is 12.5 Å². The third-order valence-corrected chi connectivity index (χ3v) is 6.20. The van der Waals surface area contributed by atoms with Crippen LogP contribution in [0, 0.1) is 0 Å². The van der Waals surface area contributed by atoms with E-state index in [1.807, 2.05) is 0 Å². The molecule has 0 N–H and O–H groups in total. The monoisotopic (exact) mass is 398 g/mol. The summed E-state index contributed by atoms with van der Waals surface area (Å²) >= 11 is 0. The zero-order chi connectivity index (χ0) is 20.6. The lowest BCUT2D eigenvalue weighted by Gasteiger charge is -2.25. The minimum atomic E-state index is 0.145. The molecule has 31 heavy (non-hydrogen) atoms. The van der Waals surface area contributed by atoms with Crippen molar-refractivity contribution in [2.75, 3.05) is 5.01 Å². The van der Waals surface area contributed by atoms with Crippen LogP contribution in [0.15, 0.2) is 120 Å². The van der Waals surface area contributed by atoms with Gasteiger partial charge in [-0.2, -0.15) is 5.10 Å². The number of fused-ring (bicyclic) bond motifs is 3. The van der Waals surface area contributed by atoms with Crippen LogP contribution in [0.25, 0.3) is 21.5 Å². The van der Waals surface area contributed by atoms with E-state index in [2.05, 4.69) is 120 Å². The van der Waals surface area contributed by atoms with E-state index in [1.165, 1.54) is 32.7 Å². The first-order valence-corrected chi connectivity index (χ1v) is 10.8. The highest BCUT2D eigenvalue weighted by Crippen LogP contribution is 2.41. The van der Waals surface area contributed by atoms with Crippen molar-refractivity contribution >= 4 is 32.9 Å². The van der Waals surface area contributed by atoms with Gasteiger partial charge in [-0.15, -0.1) is 0 Å². The van der Waals surface area contributed by atoms with E-state index in [0.717, 1.165) is 17.8 Å². The van der Waals surface area contributed by atoms with Gasteiger partial charge >= 0.3 is 0 Å². The number of nitrogens with zero attached hydrogens (tertiary/aromatic N) is 2. The van der Waals surface area contributed by atoms with E-state index in [9.17, 15) is 0 Å². The second-order valence-corrected chi connectivity index (χ2v) is 8.05. The highest BCUT2D eigenvalue weighted by molar-refractivity contribution is 6.10. The highest BCUT2D eigenvalue weighted by Gasteiger charge is 2.31. The first-order chi connectivity index (χ1) is 15.4. The van der Waals surface area contributed by atoms with Crippen LogP contribution >= 0.6 is 0 Å². The quantitative estimate of drug-likeness (QED) is 0.290. The lowest BCUT2D eigenvalue weighted by Crippen LogP contribution is -2.18. The van der Waals surface area contributed by atoms with Gasteiger partial charge in [0, 0.05) is 6.42 Å². The second-order valence-electron chi connectivity index (χ2n) is 8.05. The zero-order valence-corrected chi connectivity index (χ0v) is 17.1. The SMILES string of the molecule is c1ccc(C2=NN(c3ccccc3)[C@@H](c3cc4ccccc4c4ccccc34)C2)cc1. The Hall–Kier alpha value is -3.91. The maximum Gasteiger partial charge on any atom is 0.0838 e. The van der Waals surface area contributed by atoms with E-state index in [1.54, 1.807) is 0 Å². The molecule has 0 spiro atoms. The molecular formula is C29H22N2. The molecule has 1 heterocycles. The predicted octanol–water partition coefficient (Wildman–Crippen LogP) is 7.35. The molecule has 0 unspecified atom stereocenters. The molecule has 0 saturated carbocycles. The van der Waals surface area contributed by atoms with Crippen LogP contribution in [-0.2, 0) is 0 Å². The molecule has 0 aliphatic carbocycles. The summed E-state index contributed by atoms with van der Waals surface area (Å²) in [5.74, 6) is 0. The van der Waals surface area contributed by atoms with Crippen molar-refractivity contribution in [3.05, 3.63) is 126 Å². The maximum absolute atomic E-state index is 5.12. The summed E-state index contributed by atoms with van der Waals surface area (Å²) in [5, 5.41) is 12.5. The molecule has 0 saturated heterocycles. The van der Waals surface area contributed by atoms with Gasteiger partial charge in [-0.1, -0.05) is 97.1 Å². The molecule has 0 aromatic heterocycles. The van der Waals surface area contributed by atoms with E-state index in [-0.39, 0.29) is 6.04 Å². The highest BCUT2D eigenvalue weighted by atomic mass is 15.5. The standard InChI is InChI=1S/C29H22N2/c1-3-11-21(12-4-1)28-20-29(31(30-28)23-14-5-2-6-15-23)27-19-22-13-7-8-16-24(22)25-17-9-10-18-26(25)27/h1-19,29H,20H2/t29-/m1/s1. The first kappa shape index (κ1) is 17.9. The average Bonchev–Trinajstić information content (AvgIpc) is 3.30. The number of hydrogen-bond donors (Lipinski definition) is 0. The van der Waals surface area contributed by atoms with Crippen molar-refractivity contribution < 1.29 is 0 Å². The average molecular weight is 399 g/mol. The van der Waals surface area contributed by atoms with Gasteiger partial charge in [-0.05, 0) is 50.9 Å². The van der Waals surface area contributed by atoms with Crippen LogP contribution in [0.2, 0.25) is 0 Å². The van der Waals surface area contributed by atoms with Gasteiger partial charge < -0.3 is 0 Å². The Balaban J connectivity index is 1.56. The summed E-state index contributed by atoms with van der Waals surface area (Å²) in [6.45, 7) is 0. The molecule has 1 atom stereocenters. The molecule has 6 rings (SSSR count). The fourth-order valence-corrected chi connectivity index (χ4v) is 4.74. The normalized spacial score (nSPS) is 16.1. The minimum absolute atomic E-state index is 0.145. The maximum atomic E-state index is 5.12. The van der Waals surface area contributed by atoms with Crippen molar-refractivity contribution in [1.29, 1.82) is 0 Å². The lowest BCUT2D eigenvalue weighted by molar-refractivity contribution is 0.715. The molecule has 0 bridgehead atoms. The Morgan fingerprint density at radius 1 is 0.613 bits per heavy atom. The van der Waals surface area contributed by atoms with Crippen LogP contribution in [0.1, 0.15) is 23.6 Å². The van der Waals surface area contributed by atoms with E-state index < -0.39 is 0 Å². The van der Waals surface area contributed by atoms with Crippen molar-refractivity contribution in [1.82, 2.24) is 0 Å². The third kappa shape index (κ3) is 3.08. The van der Waals surface area contributed by atoms with Gasteiger partial charge in [0.05, 0.1) is 17.4 Å². The van der Waals surface area contributed by atoms with Crippen LogP contribution in [-0.4, -0.2) is 5.71 Å². The third-order valence-electron chi connectivity index (χ3n) is 6.20. The Labute approximate surface area is 182 Å². The summed E-state index contributed by atoms with van der Waals surface area (Å²) in [6, 6.07) is 41.0. The lowest BCUT2D eigenvalue weighted by atomic mass is 9.90. The molecule has 5 aromatic carbocycles. The van der Waals surface area contributed by atoms with Gasteiger partial charge in [0.25, 0.3) is 0 Å². The summed E-state index contributed by atoms with van der Waals surface area (Å²) < 4.78 is 0. The van der Waals surface area contributed by atoms with Gasteiger partial charge in [0.1, 0.15) is 0 Å². The van der Waals surface area contributed by atoms with Crippen LogP contribution < -0.4 is 5.01 Å². The fraction of sp³-hybridized carbons (Fsp3) is 0.0690. The summed E-state index contributed by atoms with van der Waals surface area (Å²) in [4.78, 5) is 0. The molecule has 148 valence electrons. The molecule has 0 amide bonds. The van der Waals surface area contributed by atoms with E-state index >= 15 is 0 Å². The molecule has 0 fully saturated rings. The van der Waals surface area contributed by atoms with E-state index in [4.69, 9.17) is 5.10 Å². The van der Waals surface area contributed by atoms with Crippen LogP contribution in [0.4, 0.5) is 5.69 Å². The smallest absolute Gasteiger partial charge is 0.0838 e. The number of hydrogen-bond acceptors (Lipinski definition) is 2. The number of para-hydroxylation sites is 1. The fourth-order valence-electron chi connectivity index (χ4n) is 4.74. The molecule has 5 aromatic rings. The topological polar surface area (TPSA) is 15.6 Å². The number of rotatable bonds is 3. The Morgan fingerprint density at radius 2 is 1.23 bits per heavy atom. The van der Waals surface area contributed by atoms with Gasteiger partial charge in [0.15, 0.2) is 0 Å². The largest absolute Gasteiger partial charge is 0.257 e. The van der Waals surface area contributed by atoms with Crippen LogP contribution in [0.5, 0.6) is 0 Å². The van der Waals surface area contributed by atoms with E-state index in [0.29, 0.717) is 0 Å². The Kier molecular flexibility index (Phi) is 4.28. The van der Waals surface area contributed by atoms with Gasteiger partial charge in [-0.25, -0.2) is 0 Å². The first-order valence-electron chi connectivity index (χ1n) is 10.8. The molecular weight excluding hydrogens is 376 g/mol. The summed E-state index contributed by atoms with van der Waals surface area (Å²) in [5.41, 5.74) is 4.77. The predicted molar refractivity (Wildman–Crippen MR) is 131 cm³/mol. The molecule has 2 heteroatoms. The van der Waals surface area contributed by atoms with Crippen molar-refractivity contribution in [3.63, 3.8) is 0 Å². The summed E-state index contributed by atoms with van der Waals surface area (Å²) in [6.07, 6.45) is 0.876. The van der Waals surface area contributed by atoms with Crippen molar-refractivity contribution in [2.24, 2.45) is 5.10 Å². The Morgan fingerprint density at radius 3 is 2.00 bits per heavy atom. The van der Waals surface area contributed by atoms with Crippen LogP contribution in [0.3, 0.4) is 0 Å². The minimum Gasteiger partial charge on any atom is -0.257 e. The molecule has 2 nitrogen and oxygen atoms in total. The Bertz CT molecular complexity index is 1400. The molecule has 1 aliphatic heterocycles.